The van der Waals surface area contributed by atoms with Crippen LogP contribution in [0.3, 0.4) is 0 Å². The van der Waals surface area contributed by atoms with Crippen LogP contribution in [0.5, 0.6) is 0 Å². The van der Waals surface area contributed by atoms with E-state index >= 15 is 0 Å². The van der Waals surface area contributed by atoms with Gasteiger partial charge in [-0.2, -0.15) is 0 Å². The van der Waals surface area contributed by atoms with E-state index in [-0.39, 0.29) is 11.9 Å². The monoisotopic (exact) mass is 323 g/mol. The average molecular weight is 324 g/mol. The summed E-state index contributed by atoms with van der Waals surface area (Å²) in [6.07, 6.45) is 5.01. The third kappa shape index (κ3) is 3.77. The number of pyridine rings is 1. The second-order valence-corrected chi connectivity index (χ2v) is 6.30. The zero-order valence-corrected chi connectivity index (χ0v) is 13.5. The van der Waals surface area contributed by atoms with E-state index in [2.05, 4.69) is 9.88 Å². The molecule has 6 heteroatoms. The molecule has 0 aliphatic carbocycles. The van der Waals surface area contributed by atoms with E-state index in [1.54, 1.807) is 12.3 Å². The van der Waals surface area contributed by atoms with Gasteiger partial charge >= 0.3 is 0 Å². The Morgan fingerprint density at radius 1 is 1.27 bits per heavy atom. The molecule has 0 spiro atoms. The van der Waals surface area contributed by atoms with Gasteiger partial charge in [0.1, 0.15) is 5.15 Å². The number of carbonyl (C=O) groups is 1. The Bertz CT molecular complexity index is 503. The molecule has 2 fully saturated rings. The highest BCUT2D eigenvalue weighted by Gasteiger charge is 2.32. The first kappa shape index (κ1) is 15.7. The van der Waals surface area contributed by atoms with E-state index in [4.69, 9.17) is 16.3 Å². The lowest BCUT2D eigenvalue weighted by Crippen LogP contribution is -2.53. The van der Waals surface area contributed by atoms with Gasteiger partial charge in [-0.15, -0.1) is 0 Å². The van der Waals surface area contributed by atoms with Gasteiger partial charge in [0.25, 0.3) is 0 Å². The number of nitrogens with zero attached hydrogens (tertiary/aromatic N) is 3. The summed E-state index contributed by atoms with van der Waals surface area (Å²) in [5, 5.41) is 0.503. The second-order valence-electron chi connectivity index (χ2n) is 5.91. The van der Waals surface area contributed by atoms with Crippen LogP contribution in [0.25, 0.3) is 0 Å². The van der Waals surface area contributed by atoms with Crippen LogP contribution in [0, 0.1) is 0 Å². The number of amides is 1. The van der Waals surface area contributed by atoms with Gasteiger partial charge in [-0.05, 0) is 31.0 Å². The number of carbonyl (C=O) groups excluding carboxylic acids is 1. The van der Waals surface area contributed by atoms with E-state index in [1.807, 2.05) is 11.0 Å². The summed E-state index contributed by atoms with van der Waals surface area (Å²) in [6.45, 7) is 4.45. The van der Waals surface area contributed by atoms with Crippen LogP contribution < -0.4 is 0 Å². The van der Waals surface area contributed by atoms with Crippen molar-refractivity contribution < 1.29 is 9.53 Å². The maximum atomic E-state index is 12.8. The van der Waals surface area contributed by atoms with E-state index < -0.39 is 0 Å². The van der Waals surface area contributed by atoms with Gasteiger partial charge in [-0.3, -0.25) is 9.69 Å². The van der Waals surface area contributed by atoms with Crippen molar-refractivity contribution in [2.75, 3.05) is 32.8 Å². The summed E-state index contributed by atoms with van der Waals surface area (Å²) in [5.74, 6) is 0.255. The summed E-state index contributed by atoms with van der Waals surface area (Å²) in [7, 11) is 0. The molecule has 3 rings (SSSR count). The van der Waals surface area contributed by atoms with Crippen molar-refractivity contribution in [1.29, 1.82) is 0 Å². The maximum absolute atomic E-state index is 12.8. The highest BCUT2D eigenvalue weighted by Crippen LogP contribution is 2.22. The van der Waals surface area contributed by atoms with E-state index in [0.717, 1.165) is 37.9 Å². The van der Waals surface area contributed by atoms with Gasteiger partial charge in [-0.25, -0.2) is 4.98 Å². The van der Waals surface area contributed by atoms with Gasteiger partial charge in [0.2, 0.25) is 5.91 Å². The minimum Gasteiger partial charge on any atom is -0.378 e. The number of hydrogen-bond acceptors (Lipinski definition) is 4. The lowest BCUT2D eigenvalue weighted by atomic mass is 10.00. The Morgan fingerprint density at radius 3 is 2.82 bits per heavy atom. The SMILES string of the molecule is O=C(C1CCCCN1Cc1ccc(Cl)nc1)N1CCOCC1. The van der Waals surface area contributed by atoms with Crippen molar-refractivity contribution in [2.24, 2.45) is 0 Å². The van der Waals surface area contributed by atoms with Crippen molar-refractivity contribution in [3.05, 3.63) is 29.0 Å². The van der Waals surface area contributed by atoms with Crippen LogP contribution in [0.4, 0.5) is 0 Å². The predicted molar refractivity (Wildman–Crippen MR) is 84.7 cm³/mol. The molecule has 0 saturated carbocycles. The lowest BCUT2D eigenvalue weighted by molar-refractivity contribution is -0.142. The molecule has 0 aromatic carbocycles. The predicted octanol–water partition coefficient (Wildman–Crippen LogP) is 1.95. The minimum atomic E-state index is -0.0115. The Labute approximate surface area is 136 Å². The van der Waals surface area contributed by atoms with Gasteiger partial charge < -0.3 is 9.64 Å². The quantitative estimate of drug-likeness (QED) is 0.798. The third-order valence-corrected chi connectivity index (χ3v) is 4.62. The van der Waals surface area contributed by atoms with Crippen LogP contribution in [0.1, 0.15) is 24.8 Å². The van der Waals surface area contributed by atoms with Crippen LogP contribution in [-0.2, 0) is 16.1 Å². The number of piperidine rings is 1. The average Bonchev–Trinajstić information content (AvgIpc) is 2.58. The molecule has 1 atom stereocenters. The first-order valence-corrected chi connectivity index (χ1v) is 8.33. The molecular formula is C16H22ClN3O2. The van der Waals surface area contributed by atoms with Crippen LogP contribution in [-0.4, -0.2) is 59.6 Å². The Hall–Kier alpha value is -1.17. The molecule has 120 valence electrons. The van der Waals surface area contributed by atoms with Crippen molar-refractivity contribution in [2.45, 2.75) is 31.8 Å². The number of likely N-dealkylation sites (tertiary alicyclic amines) is 1. The summed E-state index contributed by atoms with van der Waals surface area (Å²) in [4.78, 5) is 21.2. The van der Waals surface area contributed by atoms with Gasteiger partial charge in [0, 0.05) is 25.8 Å². The van der Waals surface area contributed by atoms with Gasteiger partial charge in [0.15, 0.2) is 0 Å². The first-order valence-electron chi connectivity index (χ1n) is 7.95. The minimum absolute atomic E-state index is 0.0115. The fourth-order valence-electron chi connectivity index (χ4n) is 3.19. The van der Waals surface area contributed by atoms with Crippen molar-refractivity contribution in [3.8, 4) is 0 Å². The Balaban J connectivity index is 1.67. The normalized spacial score (nSPS) is 23.5. The number of aromatic nitrogens is 1. The number of morpholine rings is 1. The fraction of sp³-hybridized carbons (Fsp3) is 0.625. The topological polar surface area (TPSA) is 45.7 Å². The Kier molecular flexibility index (Phi) is 5.28. The molecule has 22 heavy (non-hydrogen) atoms. The summed E-state index contributed by atoms with van der Waals surface area (Å²) < 4.78 is 5.34. The molecule has 3 heterocycles. The van der Waals surface area contributed by atoms with Crippen LogP contribution in [0.15, 0.2) is 18.3 Å². The fourth-order valence-corrected chi connectivity index (χ4v) is 3.30. The molecule has 5 nitrogen and oxygen atoms in total. The number of halogens is 1. The summed E-state index contributed by atoms with van der Waals surface area (Å²) in [5.41, 5.74) is 1.10. The highest BCUT2D eigenvalue weighted by molar-refractivity contribution is 6.29. The first-order chi connectivity index (χ1) is 10.7. The van der Waals surface area contributed by atoms with Crippen molar-refractivity contribution >= 4 is 17.5 Å². The zero-order valence-electron chi connectivity index (χ0n) is 12.7. The molecule has 2 saturated heterocycles. The molecule has 0 N–H and O–H groups in total. The smallest absolute Gasteiger partial charge is 0.240 e. The summed E-state index contributed by atoms with van der Waals surface area (Å²) >= 11 is 5.84. The number of rotatable bonds is 3. The zero-order chi connectivity index (χ0) is 15.4. The van der Waals surface area contributed by atoms with Crippen molar-refractivity contribution in [1.82, 2.24) is 14.8 Å². The third-order valence-electron chi connectivity index (χ3n) is 4.40. The molecule has 1 aromatic heterocycles. The van der Waals surface area contributed by atoms with E-state index in [9.17, 15) is 4.79 Å². The second kappa shape index (κ2) is 7.40. The molecule has 2 aliphatic heterocycles. The van der Waals surface area contributed by atoms with E-state index in [0.29, 0.717) is 31.5 Å². The molecule has 1 aromatic rings. The summed E-state index contributed by atoms with van der Waals surface area (Å²) in [6, 6.07) is 3.78. The highest BCUT2D eigenvalue weighted by atomic mass is 35.5. The lowest BCUT2D eigenvalue weighted by Gasteiger charge is -2.38. The van der Waals surface area contributed by atoms with Crippen LogP contribution >= 0.6 is 11.6 Å². The van der Waals surface area contributed by atoms with Gasteiger partial charge in [-0.1, -0.05) is 24.1 Å². The largest absolute Gasteiger partial charge is 0.378 e. The van der Waals surface area contributed by atoms with Gasteiger partial charge in [0.05, 0.1) is 19.3 Å². The standard InChI is InChI=1S/C16H22ClN3O2/c17-15-5-4-13(11-18-15)12-20-6-2-1-3-14(20)16(21)19-7-9-22-10-8-19/h4-5,11,14H,1-3,6-10,12H2. The number of ether oxygens (including phenoxy) is 1. The van der Waals surface area contributed by atoms with Crippen molar-refractivity contribution in [3.63, 3.8) is 0 Å². The van der Waals surface area contributed by atoms with Crippen LogP contribution in [0.2, 0.25) is 5.15 Å². The molecule has 2 aliphatic rings. The molecule has 0 radical (unpaired) electrons. The number of hydrogen-bond donors (Lipinski definition) is 0. The molecule has 1 unspecified atom stereocenters. The molecular weight excluding hydrogens is 302 g/mol. The van der Waals surface area contributed by atoms with E-state index in [1.165, 1.54) is 0 Å². The molecule has 1 amide bonds. The maximum Gasteiger partial charge on any atom is 0.240 e. The Morgan fingerprint density at radius 2 is 2.09 bits per heavy atom. The molecule has 0 bridgehead atoms.